The van der Waals surface area contributed by atoms with E-state index in [1.54, 1.807) is 7.11 Å². The third-order valence-electron chi connectivity index (χ3n) is 3.27. The maximum atomic E-state index is 5.82. The minimum Gasteiger partial charge on any atom is -0.497 e. The number of nitrogens with one attached hydrogen (secondary N) is 1. The van der Waals surface area contributed by atoms with Gasteiger partial charge in [-0.25, -0.2) is 0 Å². The number of anilines is 2. The predicted molar refractivity (Wildman–Crippen MR) is 80.6 cm³/mol. The van der Waals surface area contributed by atoms with Gasteiger partial charge in [0.1, 0.15) is 5.75 Å². The van der Waals surface area contributed by atoms with Crippen LogP contribution in [0.25, 0.3) is 0 Å². The molecular weight excluding hydrogens is 236 g/mol. The first-order chi connectivity index (χ1) is 9.10. The van der Waals surface area contributed by atoms with Crippen LogP contribution in [0.2, 0.25) is 0 Å². The molecule has 1 atom stereocenters. The smallest absolute Gasteiger partial charge is 0.118 e. The maximum absolute atomic E-state index is 5.82. The summed E-state index contributed by atoms with van der Waals surface area (Å²) in [4.78, 5) is 0. The van der Waals surface area contributed by atoms with Gasteiger partial charge in [0.15, 0.2) is 0 Å². The summed E-state index contributed by atoms with van der Waals surface area (Å²) in [6, 6.07) is 14.3. The van der Waals surface area contributed by atoms with Gasteiger partial charge < -0.3 is 15.8 Å². The second-order valence-electron chi connectivity index (χ2n) is 4.71. The third-order valence-corrected chi connectivity index (χ3v) is 3.27. The van der Waals surface area contributed by atoms with Crippen LogP contribution < -0.4 is 15.8 Å². The van der Waals surface area contributed by atoms with E-state index in [9.17, 15) is 0 Å². The fourth-order valence-electron chi connectivity index (χ4n) is 1.99. The van der Waals surface area contributed by atoms with Gasteiger partial charge in [-0.15, -0.1) is 0 Å². The van der Waals surface area contributed by atoms with Crippen LogP contribution in [0.1, 0.15) is 24.1 Å². The van der Waals surface area contributed by atoms with Crippen LogP contribution in [0.4, 0.5) is 11.4 Å². The molecule has 0 aromatic heterocycles. The molecule has 19 heavy (non-hydrogen) atoms. The number of nitrogens with two attached hydrogens (primary N) is 1. The number of methoxy groups -OCH3 is 1. The molecule has 2 rings (SSSR count). The normalized spacial score (nSPS) is 11.9. The first-order valence-corrected chi connectivity index (χ1v) is 6.37. The van der Waals surface area contributed by atoms with Crippen molar-refractivity contribution in [3.8, 4) is 5.75 Å². The average molecular weight is 256 g/mol. The minimum atomic E-state index is 0.230. The summed E-state index contributed by atoms with van der Waals surface area (Å²) in [7, 11) is 1.67. The van der Waals surface area contributed by atoms with Crippen LogP contribution in [0, 0.1) is 6.92 Å². The number of hydrogen-bond donors (Lipinski definition) is 2. The molecule has 0 amide bonds. The number of ether oxygens (including phenoxy) is 1. The molecule has 3 nitrogen and oxygen atoms in total. The fourth-order valence-corrected chi connectivity index (χ4v) is 1.99. The van der Waals surface area contributed by atoms with E-state index in [0.717, 1.165) is 22.7 Å². The second kappa shape index (κ2) is 5.65. The standard InChI is InChI=1S/C16H20N2O/c1-11-10-14(6-9-16(11)17)18-12(2)13-4-7-15(19-3)8-5-13/h4-10,12,18H,17H2,1-3H3. The van der Waals surface area contributed by atoms with Crippen molar-refractivity contribution < 1.29 is 4.74 Å². The molecule has 1 unspecified atom stereocenters. The lowest BCUT2D eigenvalue weighted by Gasteiger charge is -2.17. The average Bonchev–Trinajstić information content (AvgIpc) is 2.43. The van der Waals surface area contributed by atoms with Crippen LogP contribution in [0.5, 0.6) is 5.75 Å². The zero-order valence-electron chi connectivity index (χ0n) is 11.6. The molecule has 0 saturated heterocycles. The summed E-state index contributed by atoms with van der Waals surface area (Å²) in [5.41, 5.74) is 10.0. The summed E-state index contributed by atoms with van der Waals surface area (Å²) in [5, 5.41) is 3.47. The Hall–Kier alpha value is -2.16. The van der Waals surface area contributed by atoms with Gasteiger partial charge in [-0.1, -0.05) is 12.1 Å². The van der Waals surface area contributed by atoms with Crippen molar-refractivity contribution in [2.24, 2.45) is 0 Å². The molecule has 0 aliphatic carbocycles. The predicted octanol–water partition coefficient (Wildman–Crippen LogP) is 3.76. The number of hydrogen-bond acceptors (Lipinski definition) is 3. The van der Waals surface area contributed by atoms with E-state index < -0.39 is 0 Å². The summed E-state index contributed by atoms with van der Waals surface area (Å²) in [5.74, 6) is 0.874. The molecule has 0 aliphatic rings. The van der Waals surface area contributed by atoms with E-state index in [1.807, 2.05) is 31.2 Å². The second-order valence-corrected chi connectivity index (χ2v) is 4.71. The van der Waals surface area contributed by atoms with Gasteiger partial charge in [-0.3, -0.25) is 0 Å². The molecule has 3 heteroatoms. The van der Waals surface area contributed by atoms with Crippen LogP contribution in [0.3, 0.4) is 0 Å². The van der Waals surface area contributed by atoms with E-state index in [4.69, 9.17) is 10.5 Å². The highest BCUT2D eigenvalue weighted by Gasteiger charge is 2.06. The van der Waals surface area contributed by atoms with Gasteiger partial charge in [0.25, 0.3) is 0 Å². The Balaban J connectivity index is 2.10. The molecule has 2 aromatic carbocycles. The lowest BCUT2D eigenvalue weighted by atomic mass is 10.1. The molecule has 0 saturated carbocycles. The molecule has 100 valence electrons. The van der Waals surface area contributed by atoms with E-state index in [2.05, 4.69) is 30.4 Å². The number of rotatable bonds is 4. The van der Waals surface area contributed by atoms with Crippen molar-refractivity contribution in [1.82, 2.24) is 0 Å². The summed E-state index contributed by atoms with van der Waals surface area (Å²) in [6.45, 7) is 4.14. The quantitative estimate of drug-likeness (QED) is 0.819. The zero-order valence-corrected chi connectivity index (χ0v) is 11.6. The lowest BCUT2D eigenvalue weighted by molar-refractivity contribution is 0.414. The van der Waals surface area contributed by atoms with Gasteiger partial charge in [-0.2, -0.15) is 0 Å². The molecule has 2 aromatic rings. The van der Waals surface area contributed by atoms with Crippen molar-refractivity contribution in [2.45, 2.75) is 19.9 Å². The summed E-state index contributed by atoms with van der Waals surface area (Å²) < 4.78 is 5.16. The largest absolute Gasteiger partial charge is 0.497 e. The fraction of sp³-hybridized carbons (Fsp3) is 0.250. The van der Waals surface area contributed by atoms with Crippen molar-refractivity contribution in [3.63, 3.8) is 0 Å². The van der Waals surface area contributed by atoms with E-state index in [-0.39, 0.29) is 6.04 Å². The number of aryl methyl sites for hydroxylation is 1. The molecule has 0 fully saturated rings. The Morgan fingerprint density at radius 1 is 1.11 bits per heavy atom. The van der Waals surface area contributed by atoms with Gasteiger partial charge in [0.05, 0.1) is 7.11 Å². The highest BCUT2D eigenvalue weighted by molar-refractivity contribution is 5.57. The molecule has 0 aliphatic heterocycles. The first-order valence-electron chi connectivity index (χ1n) is 6.37. The van der Waals surface area contributed by atoms with E-state index in [0.29, 0.717) is 0 Å². The van der Waals surface area contributed by atoms with Crippen molar-refractivity contribution in [3.05, 3.63) is 53.6 Å². The summed E-state index contributed by atoms with van der Waals surface area (Å²) in [6.07, 6.45) is 0. The number of benzene rings is 2. The maximum Gasteiger partial charge on any atom is 0.118 e. The van der Waals surface area contributed by atoms with Crippen molar-refractivity contribution >= 4 is 11.4 Å². The van der Waals surface area contributed by atoms with Crippen molar-refractivity contribution in [2.75, 3.05) is 18.2 Å². The Labute approximate surface area is 114 Å². The molecule has 0 radical (unpaired) electrons. The number of nitrogen functional groups attached to an aromatic ring is 1. The molecule has 0 heterocycles. The molecular formula is C16H20N2O. The van der Waals surface area contributed by atoms with Crippen molar-refractivity contribution in [1.29, 1.82) is 0 Å². The Morgan fingerprint density at radius 3 is 2.37 bits per heavy atom. The van der Waals surface area contributed by atoms with Gasteiger partial charge in [0.2, 0.25) is 0 Å². The third kappa shape index (κ3) is 3.19. The monoisotopic (exact) mass is 256 g/mol. The van der Waals surface area contributed by atoms with E-state index >= 15 is 0 Å². The zero-order chi connectivity index (χ0) is 13.8. The van der Waals surface area contributed by atoms with Gasteiger partial charge in [0, 0.05) is 17.4 Å². The van der Waals surface area contributed by atoms with Crippen LogP contribution in [-0.2, 0) is 0 Å². The summed E-state index contributed by atoms with van der Waals surface area (Å²) >= 11 is 0. The molecule has 3 N–H and O–H groups in total. The van der Waals surface area contributed by atoms with Crippen LogP contribution >= 0.6 is 0 Å². The SMILES string of the molecule is COc1ccc(C(C)Nc2ccc(N)c(C)c2)cc1. The first kappa shape index (κ1) is 13.3. The Morgan fingerprint density at radius 2 is 1.79 bits per heavy atom. The highest BCUT2D eigenvalue weighted by Crippen LogP contribution is 2.23. The minimum absolute atomic E-state index is 0.230. The molecule has 0 spiro atoms. The Bertz CT molecular complexity index is 549. The Kier molecular flexibility index (Phi) is 3.95. The highest BCUT2D eigenvalue weighted by atomic mass is 16.5. The molecule has 0 bridgehead atoms. The van der Waals surface area contributed by atoms with E-state index in [1.165, 1.54) is 5.56 Å². The topological polar surface area (TPSA) is 47.3 Å². The van der Waals surface area contributed by atoms with Crippen LogP contribution in [-0.4, -0.2) is 7.11 Å². The van der Waals surface area contributed by atoms with Gasteiger partial charge >= 0.3 is 0 Å². The van der Waals surface area contributed by atoms with Gasteiger partial charge in [-0.05, 0) is 55.3 Å². The van der Waals surface area contributed by atoms with Crippen LogP contribution in [0.15, 0.2) is 42.5 Å². The lowest BCUT2D eigenvalue weighted by Crippen LogP contribution is -2.07.